The van der Waals surface area contributed by atoms with Gasteiger partial charge in [0.05, 0.1) is 12.7 Å². The SMILES string of the molecule is COc1ccccc1C(=O)N1CCC(N2CCCC2=O)CC1. The molecule has 5 nitrogen and oxygen atoms in total. The van der Waals surface area contributed by atoms with E-state index in [9.17, 15) is 9.59 Å². The molecule has 0 atom stereocenters. The van der Waals surface area contributed by atoms with Crippen LogP contribution in [-0.4, -0.2) is 54.4 Å². The maximum Gasteiger partial charge on any atom is 0.257 e. The van der Waals surface area contributed by atoms with Gasteiger partial charge >= 0.3 is 0 Å². The van der Waals surface area contributed by atoms with Crippen molar-refractivity contribution in [2.24, 2.45) is 0 Å². The van der Waals surface area contributed by atoms with Crippen molar-refractivity contribution >= 4 is 11.8 Å². The zero-order chi connectivity index (χ0) is 15.5. The molecule has 22 heavy (non-hydrogen) atoms. The number of para-hydroxylation sites is 1. The van der Waals surface area contributed by atoms with Crippen molar-refractivity contribution < 1.29 is 14.3 Å². The van der Waals surface area contributed by atoms with Gasteiger partial charge in [0.1, 0.15) is 5.75 Å². The van der Waals surface area contributed by atoms with Gasteiger partial charge in [0.25, 0.3) is 5.91 Å². The average Bonchev–Trinajstić information content (AvgIpc) is 3.00. The van der Waals surface area contributed by atoms with Gasteiger partial charge in [-0.05, 0) is 31.4 Å². The minimum absolute atomic E-state index is 0.0173. The third kappa shape index (κ3) is 2.80. The van der Waals surface area contributed by atoms with E-state index >= 15 is 0 Å². The lowest BCUT2D eigenvalue weighted by Gasteiger charge is -2.36. The number of benzene rings is 1. The van der Waals surface area contributed by atoms with Gasteiger partial charge in [-0.15, -0.1) is 0 Å². The molecule has 1 aromatic carbocycles. The van der Waals surface area contributed by atoms with Gasteiger partial charge in [0.2, 0.25) is 5.91 Å². The van der Waals surface area contributed by atoms with Crippen LogP contribution in [0.5, 0.6) is 5.75 Å². The van der Waals surface area contributed by atoms with Gasteiger partial charge in [-0.3, -0.25) is 9.59 Å². The monoisotopic (exact) mass is 302 g/mol. The molecule has 2 heterocycles. The number of ether oxygens (including phenoxy) is 1. The number of likely N-dealkylation sites (tertiary alicyclic amines) is 2. The third-order valence-electron chi connectivity index (χ3n) is 4.64. The predicted octanol–water partition coefficient (Wildman–Crippen LogP) is 1.92. The molecule has 1 aromatic rings. The number of carbonyl (C=O) groups excluding carboxylic acids is 2. The molecule has 0 radical (unpaired) electrons. The van der Waals surface area contributed by atoms with Crippen molar-refractivity contribution in [3.8, 4) is 5.75 Å². The number of piperidine rings is 1. The van der Waals surface area contributed by atoms with Crippen molar-refractivity contribution in [2.75, 3.05) is 26.7 Å². The molecular formula is C17H22N2O3. The van der Waals surface area contributed by atoms with Gasteiger partial charge in [-0.1, -0.05) is 12.1 Å². The number of hydrogen-bond donors (Lipinski definition) is 0. The summed E-state index contributed by atoms with van der Waals surface area (Å²) in [5.41, 5.74) is 0.612. The lowest BCUT2D eigenvalue weighted by atomic mass is 10.0. The summed E-state index contributed by atoms with van der Waals surface area (Å²) in [5.74, 6) is 0.905. The molecule has 0 bridgehead atoms. The number of rotatable bonds is 3. The molecule has 5 heteroatoms. The van der Waals surface area contributed by atoms with Crippen molar-refractivity contribution in [2.45, 2.75) is 31.7 Å². The predicted molar refractivity (Wildman–Crippen MR) is 82.9 cm³/mol. The molecular weight excluding hydrogens is 280 g/mol. The second-order valence-electron chi connectivity index (χ2n) is 5.91. The summed E-state index contributed by atoms with van der Waals surface area (Å²) in [6, 6.07) is 7.63. The van der Waals surface area contributed by atoms with E-state index in [2.05, 4.69) is 0 Å². The second kappa shape index (κ2) is 6.38. The van der Waals surface area contributed by atoms with Crippen molar-refractivity contribution in [1.82, 2.24) is 9.80 Å². The molecule has 0 N–H and O–H groups in total. The van der Waals surface area contributed by atoms with Crippen LogP contribution in [0.15, 0.2) is 24.3 Å². The smallest absolute Gasteiger partial charge is 0.257 e. The fraction of sp³-hybridized carbons (Fsp3) is 0.529. The average molecular weight is 302 g/mol. The van der Waals surface area contributed by atoms with E-state index in [1.165, 1.54) is 0 Å². The molecule has 0 aromatic heterocycles. The van der Waals surface area contributed by atoms with E-state index in [1.54, 1.807) is 13.2 Å². The number of carbonyl (C=O) groups is 2. The first-order chi connectivity index (χ1) is 10.7. The Morgan fingerprint density at radius 1 is 1.18 bits per heavy atom. The summed E-state index contributed by atoms with van der Waals surface area (Å²) in [7, 11) is 1.58. The van der Waals surface area contributed by atoms with Gasteiger partial charge in [-0.25, -0.2) is 0 Å². The Morgan fingerprint density at radius 2 is 1.91 bits per heavy atom. The highest BCUT2D eigenvalue weighted by Crippen LogP contribution is 2.25. The molecule has 2 saturated heterocycles. The van der Waals surface area contributed by atoms with E-state index in [4.69, 9.17) is 4.74 Å². The molecule has 2 amide bonds. The van der Waals surface area contributed by atoms with Crippen LogP contribution in [0.4, 0.5) is 0 Å². The molecule has 2 aliphatic heterocycles. The van der Waals surface area contributed by atoms with E-state index in [0.29, 0.717) is 36.9 Å². The Labute approximate surface area is 130 Å². The van der Waals surface area contributed by atoms with E-state index in [-0.39, 0.29) is 11.8 Å². The Balaban J connectivity index is 1.63. The van der Waals surface area contributed by atoms with Crippen LogP contribution in [-0.2, 0) is 4.79 Å². The molecule has 0 unspecified atom stereocenters. The molecule has 0 spiro atoms. The van der Waals surface area contributed by atoms with Gasteiger partial charge < -0.3 is 14.5 Å². The fourth-order valence-electron chi connectivity index (χ4n) is 3.43. The first-order valence-electron chi connectivity index (χ1n) is 7.92. The first kappa shape index (κ1) is 14.9. The first-order valence-corrected chi connectivity index (χ1v) is 7.92. The minimum atomic E-state index is 0.0173. The number of nitrogens with zero attached hydrogens (tertiary/aromatic N) is 2. The van der Waals surface area contributed by atoms with Gasteiger partial charge in [0, 0.05) is 32.1 Å². The molecule has 2 aliphatic rings. The normalized spacial score (nSPS) is 19.6. The topological polar surface area (TPSA) is 49.9 Å². The number of methoxy groups -OCH3 is 1. The Kier molecular flexibility index (Phi) is 4.32. The highest BCUT2D eigenvalue weighted by molar-refractivity contribution is 5.97. The Morgan fingerprint density at radius 3 is 2.55 bits per heavy atom. The highest BCUT2D eigenvalue weighted by atomic mass is 16.5. The van der Waals surface area contributed by atoms with Crippen LogP contribution >= 0.6 is 0 Å². The standard InChI is InChI=1S/C17H22N2O3/c1-22-15-6-3-2-5-14(15)17(21)18-11-8-13(9-12-18)19-10-4-7-16(19)20/h2-3,5-6,13H,4,7-12H2,1H3. The zero-order valence-corrected chi connectivity index (χ0v) is 13.0. The van der Waals surface area contributed by atoms with Crippen LogP contribution in [0, 0.1) is 0 Å². The van der Waals surface area contributed by atoms with Crippen molar-refractivity contribution in [3.63, 3.8) is 0 Å². The van der Waals surface area contributed by atoms with Gasteiger partial charge in [-0.2, -0.15) is 0 Å². The summed E-state index contributed by atoms with van der Waals surface area (Å²) in [6.45, 7) is 2.28. The number of amides is 2. The third-order valence-corrected chi connectivity index (χ3v) is 4.64. The summed E-state index contributed by atoms with van der Waals surface area (Å²) < 4.78 is 5.27. The van der Waals surface area contributed by atoms with Crippen LogP contribution in [0.3, 0.4) is 0 Å². The summed E-state index contributed by atoms with van der Waals surface area (Å²) >= 11 is 0. The summed E-state index contributed by atoms with van der Waals surface area (Å²) in [6.07, 6.45) is 3.39. The van der Waals surface area contributed by atoms with E-state index in [1.807, 2.05) is 28.0 Å². The fourth-order valence-corrected chi connectivity index (χ4v) is 3.43. The van der Waals surface area contributed by atoms with Gasteiger partial charge in [0.15, 0.2) is 0 Å². The zero-order valence-electron chi connectivity index (χ0n) is 13.0. The van der Waals surface area contributed by atoms with Crippen LogP contribution in [0.2, 0.25) is 0 Å². The second-order valence-corrected chi connectivity index (χ2v) is 5.91. The molecule has 3 rings (SSSR count). The van der Waals surface area contributed by atoms with Crippen LogP contribution in [0.1, 0.15) is 36.0 Å². The molecule has 118 valence electrons. The Bertz CT molecular complexity index is 565. The van der Waals surface area contributed by atoms with Crippen LogP contribution in [0.25, 0.3) is 0 Å². The lowest BCUT2D eigenvalue weighted by molar-refractivity contribution is -0.130. The van der Waals surface area contributed by atoms with Crippen molar-refractivity contribution in [1.29, 1.82) is 0 Å². The van der Waals surface area contributed by atoms with Crippen LogP contribution < -0.4 is 4.74 Å². The molecule has 0 saturated carbocycles. The maximum atomic E-state index is 12.6. The highest BCUT2D eigenvalue weighted by Gasteiger charge is 2.32. The lowest BCUT2D eigenvalue weighted by Crippen LogP contribution is -2.47. The maximum absolute atomic E-state index is 12.6. The largest absolute Gasteiger partial charge is 0.496 e. The van der Waals surface area contributed by atoms with E-state index in [0.717, 1.165) is 25.8 Å². The van der Waals surface area contributed by atoms with Crippen molar-refractivity contribution in [3.05, 3.63) is 29.8 Å². The minimum Gasteiger partial charge on any atom is -0.496 e. The Hall–Kier alpha value is -2.04. The van der Waals surface area contributed by atoms with E-state index < -0.39 is 0 Å². The number of hydrogen-bond acceptors (Lipinski definition) is 3. The summed E-state index contributed by atoms with van der Waals surface area (Å²) in [5, 5.41) is 0. The molecule has 0 aliphatic carbocycles. The quantitative estimate of drug-likeness (QED) is 0.857. The molecule has 2 fully saturated rings. The summed E-state index contributed by atoms with van der Waals surface area (Å²) in [4.78, 5) is 28.3.